The molecule has 2 aromatic heterocycles. The molecule has 1 atom stereocenters. The number of aliphatic carboxylic acids is 1. The number of carboxylic acid groups (broad SMARTS) is 1. The van der Waals surface area contributed by atoms with Crippen LogP contribution in [0, 0.1) is 31.1 Å². The molecule has 3 aromatic carbocycles. The molecule has 1 fully saturated rings. The molecule has 1 amide bonds. The van der Waals surface area contributed by atoms with Crippen LogP contribution in [-0.4, -0.2) is 55.6 Å². The summed E-state index contributed by atoms with van der Waals surface area (Å²) in [5.74, 6) is -0.692. The fraction of sp³-hybridized carbons (Fsp3) is 0.342. The van der Waals surface area contributed by atoms with Crippen molar-refractivity contribution in [1.82, 2.24) is 19.8 Å². The van der Waals surface area contributed by atoms with Gasteiger partial charge in [0, 0.05) is 29.1 Å². The number of likely N-dealkylation sites (tertiary alicyclic amines) is 1. The average molecular weight is 676 g/mol. The van der Waals surface area contributed by atoms with Gasteiger partial charge in [-0.15, -0.1) is 11.3 Å². The molecule has 0 spiro atoms. The van der Waals surface area contributed by atoms with Gasteiger partial charge in [0.15, 0.2) is 5.58 Å². The Kier molecular flexibility index (Phi) is 8.25. The van der Waals surface area contributed by atoms with Crippen LogP contribution in [0.3, 0.4) is 0 Å². The number of oxazole rings is 1. The number of fused-ring (bicyclic) bond motifs is 2. The van der Waals surface area contributed by atoms with E-state index in [1.165, 1.54) is 0 Å². The molecule has 11 heteroatoms. The number of hydrogen-bond acceptors (Lipinski definition) is 9. The van der Waals surface area contributed by atoms with E-state index in [0.717, 1.165) is 54.5 Å². The Bertz CT molecular complexity index is 2150. The third-order valence-corrected chi connectivity index (χ3v) is 10.3. The molecule has 0 saturated carbocycles. The van der Waals surface area contributed by atoms with Crippen LogP contribution in [0.1, 0.15) is 60.0 Å². The van der Waals surface area contributed by atoms with Crippen molar-refractivity contribution in [2.45, 2.75) is 66.3 Å². The van der Waals surface area contributed by atoms with Crippen molar-refractivity contribution < 1.29 is 23.8 Å². The van der Waals surface area contributed by atoms with Gasteiger partial charge in [0.2, 0.25) is 5.89 Å². The van der Waals surface area contributed by atoms with Gasteiger partial charge in [-0.3, -0.25) is 14.6 Å². The number of carboxylic acids is 1. The Hall–Kier alpha value is -5.05. The van der Waals surface area contributed by atoms with E-state index in [0.29, 0.717) is 61.7 Å². The molecular formula is C38H37N5O5S. The molecule has 0 bridgehead atoms. The third kappa shape index (κ3) is 6.30. The highest BCUT2D eigenvalue weighted by molar-refractivity contribution is 7.15. The van der Waals surface area contributed by atoms with Gasteiger partial charge in [-0.25, -0.2) is 14.8 Å². The van der Waals surface area contributed by atoms with Crippen molar-refractivity contribution in [1.29, 1.82) is 5.26 Å². The molecule has 1 saturated heterocycles. The van der Waals surface area contributed by atoms with Crippen LogP contribution in [-0.2, 0) is 29.2 Å². The molecule has 250 valence electrons. The van der Waals surface area contributed by atoms with Crippen molar-refractivity contribution >= 4 is 34.5 Å². The largest absolute Gasteiger partial charge is 0.481 e. The lowest BCUT2D eigenvalue weighted by Crippen LogP contribution is -2.33. The number of nitriles is 1. The van der Waals surface area contributed by atoms with E-state index in [1.807, 2.05) is 51.1 Å². The third-order valence-electron chi connectivity index (χ3n) is 9.22. The second-order valence-electron chi connectivity index (χ2n) is 13.9. The van der Waals surface area contributed by atoms with Crippen molar-refractivity contribution in [3.8, 4) is 39.2 Å². The predicted octanol–water partition coefficient (Wildman–Crippen LogP) is 7.93. The lowest BCUT2D eigenvalue weighted by molar-refractivity contribution is -0.141. The quantitative estimate of drug-likeness (QED) is 0.190. The van der Waals surface area contributed by atoms with Crippen LogP contribution in [0.5, 0.6) is 0 Å². The van der Waals surface area contributed by atoms with Gasteiger partial charge in [-0.2, -0.15) is 5.26 Å². The second-order valence-corrected chi connectivity index (χ2v) is 14.9. The van der Waals surface area contributed by atoms with Gasteiger partial charge < -0.3 is 14.3 Å². The summed E-state index contributed by atoms with van der Waals surface area (Å²) in [5, 5.41) is 20.3. The second kappa shape index (κ2) is 12.4. The number of carbonyl (C=O) groups excluding carboxylic acids is 1. The van der Waals surface area contributed by atoms with E-state index < -0.39 is 11.6 Å². The van der Waals surface area contributed by atoms with Crippen LogP contribution in [0.25, 0.3) is 44.3 Å². The number of aromatic nitrogens is 2. The normalized spacial score (nSPS) is 16.2. The maximum Gasteiger partial charge on any atom is 0.410 e. The minimum atomic E-state index is -0.768. The maximum atomic E-state index is 12.6. The van der Waals surface area contributed by atoms with Gasteiger partial charge in [-0.1, -0.05) is 30.3 Å². The van der Waals surface area contributed by atoms with Gasteiger partial charge in [-0.05, 0) is 93.6 Å². The van der Waals surface area contributed by atoms with E-state index in [4.69, 9.17) is 19.1 Å². The van der Waals surface area contributed by atoms with Gasteiger partial charge in [0.1, 0.15) is 22.2 Å². The molecule has 49 heavy (non-hydrogen) atoms. The highest BCUT2D eigenvalue weighted by Gasteiger charge is 2.31. The van der Waals surface area contributed by atoms with Gasteiger partial charge in [0.25, 0.3) is 0 Å². The van der Waals surface area contributed by atoms with E-state index in [9.17, 15) is 20.0 Å². The van der Waals surface area contributed by atoms with Gasteiger partial charge in [0.05, 0.1) is 30.3 Å². The zero-order chi connectivity index (χ0) is 34.6. The molecule has 1 N–H and O–H groups in total. The molecule has 4 heterocycles. The summed E-state index contributed by atoms with van der Waals surface area (Å²) in [7, 11) is 0. The zero-order valence-electron chi connectivity index (χ0n) is 28.2. The fourth-order valence-electron chi connectivity index (χ4n) is 6.75. The van der Waals surface area contributed by atoms with Crippen molar-refractivity contribution in [2.24, 2.45) is 5.92 Å². The zero-order valence-corrected chi connectivity index (χ0v) is 29.0. The van der Waals surface area contributed by atoms with Crippen LogP contribution < -0.4 is 0 Å². The number of ether oxygens (including phenoxy) is 1. The van der Waals surface area contributed by atoms with E-state index in [1.54, 1.807) is 16.2 Å². The standard InChI is InChI=1S/C38H37N5O5S/c1-21-26(27-9-7-11-29(22(27)2)35-41-31-19-43(20-32(31)49-35)37(46)48-38(3,4)5)8-6-10-28(21)34-40-30-15-23(14-25(16-39)33(30)47-34)17-42-13-12-24(18-42)36(44)45/h6-11,14-15,24H,12-13,17-20H2,1-5H3,(H,44,45)/t24-/m1/s1. The summed E-state index contributed by atoms with van der Waals surface area (Å²) < 4.78 is 11.8. The SMILES string of the molecule is Cc1c(-c2nc3cc(CN4CC[C@@H](C(=O)O)C4)cc(C#N)c3o2)cccc1-c1cccc(-c2nc3c(s2)CN(C(=O)OC(C)(C)C)C3)c1C. The van der Waals surface area contributed by atoms with Gasteiger partial charge >= 0.3 is 12.1 Å². The smallest absolute Gasteiger partial charge is 0.410 e. The fourth-order valence-corrected chi connectivity index (χ4v) is 7.91. The Morgan fingerprint density at radius 3 is 2.39 bits per heavy atom. The Morgan fingerprint density at radius 1 is 1.04 bits per heavy atom. The minimum absolute atomic E-state index is 0.325. The molecule has 5 aromatic rings. The monoisotopic (exact) mass is 675 g/mol. The summed E-state index contributed by atoms with van der Waals surface area (Å²) in [5.41, 5.74) is 8.81. The van der Waals surface area contributed by atoms with Crippen molar-refractivity contribution in [3.63, 3.8) is 0 Å². The first-order valence-electron chi connectivity index (χ1n) is 16.3. The summed E-state index contributed by atoms with van der Waals surface area (Å²) >= 11 is 1.61. The topological polar surface area (TPSA) is 133 Å². The molecule has 10 nitrogen and oxygen atoms in total. The maximum absolute atomic E-state index is 12.6. The summed E-state index contributed by atoms with van der Waals surface area (Å²) in [6.07, 6.45) is 0.295. The number of rotatable bonds is 6. The molecule has 0 aliphatic carbocycles. The number of thiazole rings is 1. The van der Waals surface area contributed by atoms with Crippen LogP contribution in [0.4, 0.5) is 4.79 Å². The lowest BCUT2D eigenvalue weighted by atomic mass is 9.91. The Labute approximate surface area is 288 Å². The Balaban J connectivity index is 1.16. The Morgan fingerprint density at radius 2 is 1.73 bits per heavy atom. The summed E-state index contributed by atoms with van der Waals surface area (Å²) in [4.78, 5) is 38.7. The molecule has 2 aliphatic heterocycles. The van der Waals surface area contributed by atoms with Crippen molar-refractivity contribution in [3.05, 3.63) is 81.4 Å². The molecule has 7 rings (SSSR count). The molecule has 0 radical (unpaired) electrons. The first-order valence-corrected chi connectivity index (χ1v) is 17.2. The number of hydrogen-bond donors (Lipinski definition) is 1. The lowest BCUT2D eigenvalue weighted by Gasteiger charge is -2.24. The summed E-state index contributed by atoms with van der Waals surface area (Å²) in [6, 6.07) is 18.3. The van der Waals surface area contributed by atoms with E-state index in [-0.39, 0.29) is 12.0 Å². The van der Waals surface area contributed by atoms with Crippen molar-refractivity contribution in [2.75, 3.05) is 13.1 Å². The predicted molar refractivity (Wildman–Crippen MR) is 187 cm³/mol. The van der Waals surface area contributed by atoms with Crippen LogP contribution in [0.2, 0.25) is 0 Å². The first kappa shape index (κ1) is 32.5. The number of carbonyl (C=O) groups is 2. The number of amides is 1. The molecule has 2 aliphatic rings. The number of nitrogens with zero attached hydrogens (tertiary/aromatic N) is 5. The van der Waals surface area contributed by atoms with Crippen LogP contribution >= 0.6 is 11.3 Å². The molecule has 0 unspecified atom stereocenters. The average Bonchev–Trinajstić information content (AvgIpc) is 3.84. The minimum Gasteiger partial charge on any atom is -0.481 e. The van der Waals surface area contributed by atoms with E-state index in [2.05, 4.69) is 43.0 Å². The van der Waals surface area contributed by atoms with Crippen LogP contribution in [0.15, 0.2) is 52.9 Å². The summed E-state index contributed by atoms with van der Waals surface area (Å²) in [6.45, 7) is 12.4. The highest BCUT2D eigenvalue weighted by Crippen LogP contribution is 2.40. The molecular weight excluding hydrogens is 639 g/mol. The van der Waals surface area contributed by atoms with E-state index >= 15 is 0 Å². The number of benzene rings is 3. The highest BCUT2D eigenvalue weighted by atomic mass is 32.1. The first-order chi connectivity index (χ1) is 23.4.